The Hall–Kier alpha value is -3.92. The van der Waals surface area contributed by atoms with Crippen molar-refractivity contribution >= 4 is 27.5 Å². The number of methoxy groups -OCH3 is 1. The molecule has 0 spiro atoms. The van der Waals surface area contributed by atoms with Crippen molar-refractivity contribution in [3.8, 4) is 5.75 Å². The predicted octanol–water partition coefficient (Wildman–Crippen LogP) is 4.61. The highest BCUT2D eigenvalue weighted by Crippen LogP contribution is 2.27. The number of halogens is 1. The van der Waals surface area contributed by atoms with Crippen LogP contribution in [0.1, 0.15) is 32.8 Å². The number of carbonyl (C=O) groups is 2. The van der Waals surface area contributed by atoms with Crippen LogP contribution in [0.3, 0.4) is 0 Å². The molecule has 0 bridgehead atoms. The molecule has 1 atom stereocenters. The van der Waals surface area contributed by atoms with Crippen LogP contribution in [0.5, 0.6) is 5.75 Å². The smallest absolute Gasteiger partial charge is 0.264 e. The second-order valence-corrected chi connectivity index (χ2v) is 11.6. The molecule has 0 fully saturated rings. The Kier molecular flexibility index (Phi) is 10.7. The van der Waals surface area contributed by atoms with Crippen molar-refractivity contribution in [2.75, 3.05) is 24.5 Å². The Morgan fingerprint density at radius 1 is 0.950 bits per heavy atom. The second kappa shape index (κ2) is 13.9. The number of hydrogen-bond donors (Lipinski definition) is 1. The monoisotopic (exact) mass is 569 g/mol. The molecule has 8 nitrogen and oxygen atoms in total. The maximum Gasteiger partial charge on any atom is 0.264 e. The molecule has 3 aromatic carbocycles. The molecule has 40 heavy (non-hydrogen) atoms. The van der Waals surface area contributed by atoms with Gasteiger partial charge in [0.15, 0.2) is 0 Å². The summed E-state index contributed by atoms with van der Waals surface area (Å²) in [5.74, 6) is -0.965. The number of ether oxygens (including phenoxy) is 1. The number of anilines is 1. The molecule has 0 radical (unpaired) electrons. The van der Waals surface area contributed by atoms with Crippen molar-refractivity contribution in [1.29, 1.82) is 0 Å². The molecule has 3 aromatic rings. The number of benzene rings is 3. The largest absolute Gasteiger partial charge is 0.497 e. The van der Waals surface area contributed by atoms with Gasteiger partial charge >= 0.3 is 0 Å². The molecular formula is C30H36FN3O5S. The van der Waals surface area contributed by atoms with Gasteiger partial charge in [-0.1, -0.05) is 63.2 Å². The van der Waals surface area contributed by atoms with E-state index in [2.05, 4.69) is 5.32 Å². The summed E-state index contributed by atoms with van der Waals surface area (Å²) < 4.78 is 48.4. The molecule has 0 aromatic heterocycles. The highest BCUT2D eigenvalue weighted by Gasteiger charge is 2.34. The minimum Gasteiger partial charge on any atom is -0.497 e. The standard InChI is InChI=1S/C30H36FN3O5S/c1-5-27(30(36)32-19-22(2)3)33(20-23-15-17-24(39-4)18-16-23)29(35)21-34(28-14-10-9-13-26(28)31)40(37,38)25-11-7-6-8-12-25/h6-18,22,27H,5,19-21H2,1-4H3,(H,32,36)/t27-/m0/s1. The molecular weight excluding hydrogens is 533 g/mol. The highest BCUT2D eigenvalue weighted by molar-refractivity contribution is 7.92. The number of rotatable bonds is 13. The van der Waals surface area contributed by atoms with Gasteiger partial charge in [0.2, 0.25) is 11.8 Å². The van der Waals surface area contributed by atoms with Crippen LogP contribution in [-0.2, 0) is 26.2 Å². The van der Waals surface area contributed by atoms with Crippen LogP contribution in [0.25, 0.3) is 0 Å². The van der Waals surface area contributed by atoms with Gasteiger partial charge in [0, 0.05) is 13.1 Å². The first kappa shape index (κ1) is 30.6. The minimum absolute atomic E-state index is 0.0347. The Labute approximate surface area is 235 Å². The maximum absolute atomic E-state index is 15.0. The number of carbonyl (C=O) groups excluding carboxylic acids is 2. The number of para-hydroxylation sites is 1. The van der Waals surface area contributed by atoms with Crippen LogP contribution >= 0.6 is 0 Å². The Morgan fingerprint density at radius 3 is 2.15 bits per heavy atom. The lowest BCUT2D eigenvalue weighted by atomic mass is 10.1. The lowest BCUT2D eigenvalue weighted by molar-refractivity contribution is -0.140. The highest BCUT2D eigenvalue weighted by atomic mass is 32.2. The van der Waals surface area contributed by atoms with E-state index in [1.807, 2.05) is 13.8 Å². The van der Waals surface area contributed by atoms with Gasteiger partial charge in [-0.25, -0.2) is 12.8 Å². The van der Waals surface area contributed by atoms with Crippen molar-refractivity contribution in [3.63, 3.8) is 0 Å². The summed E-state index contributed by atoms with van der Waals surface area (Å²) in [7, 11) is -2.79. The van der Waals surface area contributed by atoms with Gasteiger partial charge in [0.25, 0.3) is 10.0 Å². The Balaban J connectivity index is 2.04. The zero-order chi connectivity index (χ0) is 29.3. The van der Waals surface area contributed by atoms with Crippen molar-refractivity contribution < 1.29 is 27.1 Å². The first-order valence-electron chi connectivity index (χ1n) is 13.1. The van der Waals surface area contributed by atoms with Gasteiger partial charge in [-0.05, 0) is 54.3 Å². The molecule has 3 rings (SSSR count). The molecule has 0 unspecified atom stereocenters. The quantitative estimate of drug-likeness (QED) is 0.324. The number of nitrogens with zero attached hydrogens (tertiary/aromatic N) is 2. The molecule has 1 N–H and O–H groups in total. The van der Waals surface area contributed by atoms with Gasteiger partial charge < -0.3 is 15.0 Å². The third kappa shape index (κ3) is 7.59. The Morgan fingerprint density at radius 2 is 1.57 bits per heavy atom. The third-order valence-corrected chi connectivity index (χ3v) is 8.09. The van der Waals surface area contributed by atoms with Gasteiger partial charge in [0.1, 0.15) is 24.2 Å². The van der Waals surface area contributed by atoms with Gasteiger partial charge in [-0.15, -0.1) is 0 Å². The number of hydrogen-bond acceptors (Lipinski definition) is 5. The van der Waals surface area contributed by atoms with Crippen LogP contribution in [0.2, 0.25) is 0 Å². The first-order valence-corrected chi connectivity index (χ1v) is 14.5. The van der Waals surface area contributed by atoms with Crippen LogP contribution < -0.4 is 14.4 Å². The summed E-state index contributed by atoms with van der Waals surface area (Å²) in [4.78, 5) is 28.5. The van der Waals surface area contributed by atoms with E-state index in [0.29, 0.717) is 17.9 Å². The zero-order valence-corrected chi connectivity index (χ0v) is 24.0. The first-order chi connectivity index (χ1) is 19.1. The summed E-state index contributed by atoms with van der Waals surface area (Å²) in [5, 5.41) is 2.88. The van der Waals surface area contributed by atoms with E-state index in [1.165, 1.54) is 35.2 Å². The number of sulfonamides is 1. The van der Waals surface area contributed by atoms with Crippen molar-refractivity contribution in [2.24, 2.45) is 5.92 Å². The summed E-state index contributed by atoms with van der Waals surface area (Å²) in [5.41, 5.74) is 0.453. The van der Waals surface area contributed by atoms with E-state index in [4.69, 9.17) is 4.74 Å². The molecule has 2 amide bonds. The molecule has 0 saturated heterocycles. The van der Waals surface area contributed by atoms with Crippen LogP contribution in [0.4, 0.5) is 10.1 Å². The van der Waals surface area contributed by atoms with Crippen LogP contribution in [-0.4, -0.2) is 51.4 Å². The van der Waals surface area contributed by atoms with E-state index in [1.54, 1.807) is 56.5 Å². The fraction of sp³-hybridized carbons (Fsp3) is 0.333. The molecule has 0 saturated carbocycles. The fourth-order valence-corrected chi connectivity index (χ4v) is 5.60. The Bertz CT molecular complexity index is 1380. The maximum atomic E-state index is 15.0. The van der Waals surface area contributed by atoms with E-state index in [0.717, 1.165) is 10.4 Å². The van der Waals surface area contributed by atoms with Gasteiger partial charge in [-0.2, -0.15) is 0 Å². The van der Waals surface area contributed by atoms with Gasteiger partial charge in [0.05, 0.1) is 17.7 Å². The fourth-order valence-electron chi connectivity index (χ4n) is 4.16. The van der Waals surface area contributed by atoms with Crippen molar-refractivity contribution in [3.05, 3.63) is 90.2 Å². The third-order valence-electron chi connectivity index (χ3n) is 6.31. The molecule has 0 heterocycles. The molecule has 0 aliphatic carbocycles. The lowest BCUT2D eigenvalue weighted by Gasteiger charge is -2.33. The van der Waals surface area contributed by atoms with E-state index >= 15 is 0 Å². The van der Waals surface area contributed by atoms with Crippen molar-refractivity contribution in [2.45, 2.75) is 44.7 Å². The molecule has 214 valence electrons. The second-order valence-electron chi connectivity index (χ2n) is 9.71. The van der Waals surface area contributed by atoms with E-state index in [-0.39, 0.29) is 35.4 Å². The molecule has 0 aliphatic rings. The predicted molar refractivity (Wildman–Crippen MR) is 153 cm³/mol. The molecule has 0 aliphatic heterocycles. The van der Waals surface area contributed by atoms with Crippen LogP contribution in [0.15, 0.2) is 83.8 Å². The zero-order valence-electron chi connectivity index (χ0n) is 23.2. The SMILES string of the molecule is CC[C@@H](C(=O)NCC(C)C)N(Cc1ccc(OC)cc1)C(=O)CN(c1ccccc1F)S(=O)(=O)c1ccccc1. The number of amides is 2. The lowest BCUT2D eigenvalue weighted by Crippen LogP contribution is -2.52. The van der Waals surface area contributed by atoms with Crippen LogP contribution in [0, 0.1) is 11.7 Å². The summed E-state index contributed by atoms with van der Waals surface area (Å²) in [6, 6.07) is 19.1. The minimum atomic E-state index is -4.33. The summed E-state index contributed by atoms with van der Waals surface area (Å²) >= 11 is 0. The van der Waals surface area contributed by atoms with Crippen molar-refractivity contribution in [1.82, 2.24) is 10.2 Å². The number of nitrogens with one attached hydrogen (secondary N) is 1. The molecule has 10 heteroatoms. The average Bonchev–Trinajstić information content (AvgIpc) is 2.95. The van der Waals surface area contributed by atoms with E-state index in [9.17, 15) is 22.4 Å². The van der Waals surface area contributed by atoms with E-state index < -0.39 is 34.3 Å². The normalized spacial score (nSPS) is 12.1. The average molecular weight is 570 g/mol. The summed E-state index contributed by atoms with van der Waals surface area (Å²) in [6.07, 6.45) is 0.289. The topological polar surface area (TPSA) is 96.0 Å². The van der Waals surface area contributed by atoms with Gasteiger partial charge in [-0.3, -0.25) is 13.9 Å². The summed E-state index contributed by atoms with van der Waals surface area (Å²) in [6.45, 7) is 5.45.